The Hall–Kier alpha value is -1.20. The summed E-state index contributed by atoms with van der Waals surface area (Å²) in [6.45, 7) is 4.02. The number of aromatic nitrogens is 2. The minimum atomic E-state index is 0.564. The maximum absolute atomic E-state index is 5.72. The number of nitrogens with zero attached hydrogens (tertiary/aromatic N) is 2. The van der Waals surface area contributed by atoms with Gasteiger partial charge in [-0.05, 0) is 59.3 Å². The summed E-state index contributed by atoms with van der Waals surface area (Å²) in [6, 6.07) is 7.87. The maximum atomic E-state index is 5.72. The van der Waals surface area contributed by atoms with Gasteiger partial charge in [0.05, 0.1) is 12.1 Å². The molecule has 0 aliphatic heterocycles. The standard InChI is InChI=1S/C16H20BrN3O/c1-11-6-7-12(8-11)9-18-10-15-19-20-16(21-15)13-4-2-3-5-14(13)17/h2-5,11-12,18H,6-10H2,1H3. The molecule has 3 rings (SSSR count). The van der Waals surface area contributed by atoms with Crippen LogP contribution < -0.4 is 5.32 Å². The lowest BCUT2D eigenvalue weighted by molar-refractivity contribution is 0.431. The summed E-state index contributed by atoms with van der Waals surface area (Å²) in [5.74, 6) is 2.88. The second-order valence-electron chi connectivity index (χ2n) is 5.90. The van der Waals surface area contributed by atoms with E-state index in [1.165, 1.54) is 19.3 Å². The second kappa shape index (κ2) is 6.71. The molecule has 1 aliphatic carbocycles. The second-order valence-corrected chi connectivity index (χ2v) is 6.75. The summed E-state index contributed by atoms with van der Waals surface area (Å²) < 4.78 is 6.69. The third-order valence-corrected chi connectivity index (χ3v) is 4.78. The van der Waals surface area contributed by atoms with Gasteiger partial charge in [-0.3, -0.25) is 0 Å². The number of benzene rings is 1. The first-order valence-electron chi connectivity index (χ1n) is 7.50. The van der Waals surface area contributed by atoms with E-state index < -0.39 is 0 Å². The van der Waals surface area contributed by atoms with Gasteiger partial charge in [0, 0.05) is 4.47 Å². The molecule has 1 aromatic carbocycles. The first-order valence-corrected chi connectivity index (χ1v) is 8.29. The third kappa shape index (κ3) is 3.71. The van der Waals surface area contributed by atoms with Crippen molar-refractivity contribution < 1.29 is 4.42 Å². The van der Waals surface area contributed by atoms with Gasteiger partial charge in [-0.1, -0.05) is 25.5 Å². The number of rotatable bonds is 5. The van der Waals surface area contributed by atoms with Gasteiger partial charge in [0.15, 0.2) is 0 Å². The summed E-state index contributed by atoms with van der Waals surface area (Å²) in [7, 11) is 0. The fourth-order valence-electron chi connectivity index (χ4n) is 2.96. The Labute approximate surface area is 133 Å². The molecule has 0 saturated heterocycles. The smallest absolute Gasteiger partial charge is 0.248 e. The SMILES string of the molecule is CC1CCC(CNCc2nnc(-c3ccccc3Br)o2)C1. The summed E-state index contributed by atoms with van der Waals surface area (Å²) in [6.07, 6.45) is 4.03. The molecule has 5 heteroatoms. The lowest BCUT2D eigenvalue weighted by atomic mass is 10.1. The van der Waals surface area contributed by atoms with Crippen LogP contribution in [0.2, 0.25) is 0 Å². The Balaban J connectivity index is 1.55. The normalized spacial score (nSPS) is 21.8. The van der Waals surface area contributed by atoms with Crippen molar-refractivity contribution in [1.29, 1.82) is 0 Å². The zero-order valence-electron chi connectivity index (χ0n) is 12.2. The molecule has 1 aromatic heterocycles. The van der Waals surface area contributed by atoms with Gasteiger partial charge in [-0.2, -0.15) is 0 Å². The first kappa shape index (κ1) is 14.7. The molecule has 1 fully saturated rings. The molecule has 0 radical (unpaired) electrons. The summed E-state index contributed by atoms with van der Waals surface area (Å²) in [5.41, 5.74) is 0.931. The van der Waals surface area contributed by atoms with E-state index in [-0.39, 0.29) is 0 Å². The van der Waals surface area contributed by atoms with Gasteiger partial charge >= 0.3 is 0 Å². The highest BCUT2D eigenvalue weighted by Gasteiger charge is 2.20. The molecule has 0 spiro atoms. The first-order chi connectivity index (χ1) is 10.2. The minimum Gasteiger partial charge on any atom is -0.419 e. The molecular formula is C16H20BrN3O. The van der Waals surface area contributed by atoms with Crippen molar-refractivity contribution in [1.82, 2.24) is 15.5 Å². The monoisotopic (exact) mass is 349 g/mol. The topological polar surface area (TPSA) is 51.0 Å². The number of nitrogens with one attached hydrogen (secondary N) is 1. The van der Waals surface area contributed by atoms with Gasteiger partial charge in [0.1, 0.15) is 0 Å². The minimum absolute atomic E-state index is 0.564. The maximum Gasteiger partial charge on any atom is 0.248 e. The average Bonchev–Trinajstić information content (AvgIpc) is 3.09. The lowest BCUT2D eigenvalue weighted by Crippen LogP contribution is -2.21. The number of hydrogen-bond donors (Lipinski definition) is 1. The average molecular weight is 350 g/mol. The Morgan fingerprint density at radius 1 is 1.29 bits per heavy atom. The molecule has 1 heterocycles. The zero-order chi connectivity index (χ0) is 14.7. The van der Waals surface area contributed by atoms with Crippen LogP contribution in [0.3, 0.4) is 0 Å². The third-order valence-electron chi connectivity index (χ3n) is 4.08. The predicted octanol–water partition coefficient (Wildman–Crippen LogP) is 4.02. The lowest BCUT2D eigenvalue weighted by Gasteiger charge is -2.09. The van der Waals surface area contributed by atoms with Crippen LogP contribution in [0.25, 0.3) is 11.5 Å². The van der Waals surface area contributed by atoms with Crippen molar-refractivity contribution >= 4 is 15.9 Å². The largest absolute Gasteiger partial charge is 0.419 e. The van der Waals surface area contributed by atoms with Crippen LogP contribution in [0.4, 0.5) is 0 Å². The summed E-state index contributed by atoms with van der Waals surface area (Å²) in [4.78, 5) is 0. The van der Waals surface area contributed by atoms with E-state index in [9.17, 15) is 0 Å². The Morgan fingerprint density at radius 3 is 2.90 bits per heavy atom. The van der Waals surface area contributed by atoms with Crippen molar-refractivity contribution in [2.75, 3.05) is 6.54 Å². The molecule has 112 valence electrons. The van der Waals surface area contributed by atoms with Crippen molar-refractivity contribution in [3.8, 4) is 11.5 Å². The molecule has 2 unspecified atom stereocenters. The fraction of sp³-hybridized carbons (Fsp3) is 0.500. The summed E-state index contributed by atoms with van der Waals surface area (Å²) >= 11 is 3.50. The van der Waals surface area contributed by atoms with E-state index in [4.69, 9.17) is 4.42 Å². The van der Waals surface area contributed by atoms with Crippen LogP contribution in [-0.2, 0) is 6.54 Å². The van der Waals surface area contributed by atoms with Crippen LogP contribution in [0.15, 0.2) is 33.2 Å². The fourth-order valence-corrected chi connectivity index (χ4v) is 3.42. The van der Waals surface area contributed by atoms with E-state index in [2.05, 4.69) is 38.4 Å². The highest BCUT2D eigenvalue weighted by atomic mass is 79.9. The van der Waals surface area contributed by atoms with E-state index in [1.807, 2.05) is 24.3 Å². The molecule has 1 aliphatic rings. The van der Waals surface area contributed by atoms with E-state index in [1.54, 1.807) is 0 Å². The van der Waals surface area contributed by atoms with E-state index >= 15 is 0 Å². The molecule has 21 heavy (non-hydrogen) atoms. The molecule has 1 N–H and O–H groups in total. The quantitative estimate of drug-likeness (QED) is 0.885. The molecule has 2 atom stereocenters. The van der Waals surface area contributed by atoms with E-state index in [0.717, 1.165) is 28.4 Å². The van der Waals surface area contributed by atoms with Crippen LogP contribution in [0, 0.1) is 11.8 Å². The van der Waals surface area contributed by atoms with Crippen molar-refractivity contribution in [2.45, 2.75) is 32.7 Å². The van der Waals surface area contributed by atoms with Crippen LogP contribution >= 0.6 is 15.9 Å². The summed E-state index contributed by atoms with van der Waals surface area (Å²) in [5, 5.41) is 11.7. The van der Waals surface area contributed by atoms with Gasteiger partial charge in [-0.25, -0.2) is 0 Å². The van der Waals surface area contributed by atoms with Gasteiger partial charge in [0.25, 0.3) is 0 Å². The van der Waals surface area contributed by atoms with Gasteiger partial charge in [0.2, 0.25) is 11.8 Å². The Bertz CT molecular complexity index is 599. The Kier molecular flexibility index (Phi) is 4.70. The van der Waals surface area contributed by atoms with Gasteiger partial charge < -0.3 is 9.73 Å². The van der Waals surface area contributed by atoms with Crippen LogP contribution in [-0.4, -0.2) is 16.7 Å². The van der Waals surface area contributed by atoms with Crippen molar-refractivity contribution in [3.05, 3.63) is 34.6 Å². The Morgan fingerprint density at radius 2 is 2.14 bits per heavy atom. The molecule has 0 bridgehead atoms. The molecule has 1 saturated carbocycles. The van der Waals surface area contributed by atoms with Crippen molar-refractivity contribution in [3.63, 3.8) is 0 Å². The zero-order valence-corrected chi connectivity index (χ0v) is 13.8. The molecule has 4 nitrogen and oxygen atoms in total. The van der Waals surface area contributed by atoms with Gasteiger partial charge in [-0.15, -0.1) is 10.2 Å². The molecular weight excluding hydrogens is 330 g/mol. The highest BCUT2D eigenvalue weighted by Crippen LogP contribution is 2.30. The van der Waals surface area contributed by atoms with Crippen LogP contribution in [0.5, 0.6) is 0 Å². The van der Waals surface area contributed by atoms with Crippen LogP contribution in [0.1, 0.15) is 32.1 Å². The number of halogens is 1. The molecule has 0 amide bonds. The van der Waals surface area contributed by atoms with Crippen molar-refractivity contribution in [2.24, 2.45) is 11.8 Å². The molecule has 2 aromatic rings. The number of hydrogen-bond acceptors (Lipinski definition) is 4. The predicted molar refractivity (Wildman–Crippen MR) is 85.6 cm³/mol. The highest BCUT2D eigenvalue weighted by molar-refractivity contribution is 9.10. The van der Waals surface area contributed by atoms with E-state index in [0.29, 0.717) is 18.3 Å².